The third-order valence-electron chi connectivity index (χ3n) is 4.33. The summed E-state index contributed by atoms with van der Waals surface area (Å²) in [6, 6.07) is 4.14. The van der Waals surface area contributed by atoms with E-state index in [4.69, 9.17) is 4.74 Å². The number of nitrogens with one attached hydrogen (secondary N) is 2. The lowest BCUT2D eigenvalue weighted by Gasteiger charge is -2.22. The summed E-state index contributed by atoms with van der Waals surface area (Å²) < 4.78 is 5.47. The molecule has 0 saturated heterocycles. The lowest BCUT2D eigenvalue weighted by molar-refractivity contribution is -0.111. The van der Waals surface area contributed by atoms with Crippen molar-refractivity contribution >= 4 is 45.8 Å². The number of hydrogen-bond acceptors (Lipinski definition) is 6. The van der Waals surface area contributed by atoms with Gasteiger partial charge in [0.15, 0.2) is 0 Å². The summed E-state index contributed by atoms with van der Waals surface area (Å²) in [5, 5.41) is 19.5. The fourth-order valence-corrected chi connectivity index (χ4v) is 4.87. The Kier molecular flexibility index (Phi) is 6.85. The van der Waals surface area contributed by atoms with Crippen LogP contribution in [0.25, 0.3) is 6.08 Å². The SMILES string of the molecule is CCCNC(=O)OC1CCc2c(sc(NC(=O)C=Cc3ccsc3)c2C#N)C1. The molecule has 6 nitrogen and oxygen atoms in total. The van der Waals surface area contributed by atoms with Gasteiger partial charge in [-0.15, -0.1) is 11.3 Å². The molecule has 1 aliphatic carbocycles. The first-order valence-corrected chi connectivity index (χ1v) is 10.9. The minimum Gasteiger partial charge on any atom is -0.446 e. The largest absolute Gasteiger partial charge is 0.446 e. The lowest BCUT2D eigenvalue weighted by atomic mass is 9.94. The summed E-state index contributed by atoms with van der Waals surface area (Å²) in [6.45, 7) is 2.57. The van der Waals surface area contributed by atoms with Crippen LogP contribution in [-0.2, 0) is 22.4 Å². The van der Waals surface area contributed by atoms with Gasteiger partial charge in [0.2, 0.25) is 5.91 Å². The maximum absolute atomic E-state index is 12.2. The number of ether oxygens (including phenoxy) is 1. The Hall–Kier alpha value is -2.63. The third kappa shape index (κ3) is 5.00. The van der Waals surface area contributed by atoms with Crippen LogP contribution in [0.5, 0.6) is 0 Å². The number of nitriles is 1. The van der Waals surface area contributed by atoms with E-state index in [2.05, 4.69) is 16.7 Å². The van der Waals surface area contributed by atoms with Crippen molar-refractivity contribution in [2.45, 2.75) is 38.7 Å². The summed E-state index contributed by atoms with van der Waals surface area (Å²) in [4.78, 5) is 25.0. The molecule has 3 rings (SSSR count). The Balaban J connectivity index is 1.66. The fourth-order valence-electron chi connectivity index (χ4n) is 2.98. The number of fused-ring (bicyclic) bond motifs is 1. The van der Waals surface area contributed by atoms with Gasteiger partial charge in [-0.25, -0.2) is 4.79 Å². The van der Waals surface area contributed by atoms with E-state index in [9.17, 15) is 14.9 Å². The van der Waals surface area contributed by atoms with Gasteiger partial charge in [-0.05, 0) is 53.3 Å². The van der Waals surface area contributed by atoms with Gasteiger partial charge in [0.1, 0.15) is 17.2 Å². The van der Waals surface area contributed by atoms with Gasteiger partial charge in [-0.1, -0.05) is 6.92 Å². The maximum Gasteiger partial charge on any atom is 0.407 e. The van der Waals surface area contributed by atoms with E-state index >= 15 is 0 Å². The number of nitrogens with zero attached hydrogens (tertiary/aromatic N) is 1. The van der Waals surface area contributed by atoms with Crippen LogP contribution >= 0.6 is 22.7 Å². The molecule has 8 heteroatoms. The summed E-state index contributed by atoms with van der Waals surface area (Å²) in [5.41, 5.74) is 2.44. The number of thiophene rings is 2. The van der Waals surface area contributed by atoms with E-state index in [0.29, 0.717) is 36.4 Å². The molecule has 2 amide bonds. The highest BCUT2D eigenvalue weighted by molar-refractivity contribution is 7.16. The van der Waals surface area contributed by atoms with E-state index in [0.717, 1.165) is 22.4 Å². The average Bonchev–Trinajstić information content (AvgIpc) is 3.31. The van der Waals surface area contributed by atoms with Crippen molar-refractivity contribution in [3.63, 3.8) is 0 Å². The second-order valence-corrected chi connectivity index (χ2v) is 8.28. The second kappa shape index (κ2) is 9.53. The zero-order chi connectivity index (χ0) is 19.9. The second-order valence-electron chi connectivity index (χ2n) is 6.40. The molecule has 0 radical (unpaired) electrons. The minimum atomic E-state index is -0.403. The van der Waals surface area contributed by atoms with Gasteiger partial charge in [0.25, 0.3) is 0 Å². The fraction of sp³-hybridized carbons (Fsp3) is 0.350. The molecule has 2 heterocycles. The number of carbonyl (C=O) groups is 2. The van der Waals surface area contributed by atoms with Crippen molar-refractivity contribution in [2.75, 3.05) is 11.9 Å². The molecule has 146 valence electrons. The molecule has 0 bridgehead atoms. The molecule has 2 aromatic rings. The Morgan fingerprint density at radius 2 is 2.32 bits per heavy atom. The smallest absolute Gasteiger partial charge is 0.407 e. The van der Waals surface area contributed by atoms with Gasteiger partial charge >= 0.3 is 6.09 Å². The number of anilines is 1. The molecule has 0 aliphatic heterocycles. The van der Waals surface area contributed by atoms with Crippen molar-refractivity contribution in [3.05, 3.63) is 44.5 Å². The van der Waals surface area contributed by atoms with Gasteiger partial charge in [-0.2, -0.15) is 16.6 Å². The van der Waals surface area contributed by atoms with E-state index in [-0.39, 0.29) is 12.0 Å². The number of rotatable bonds is 6. The van der Waals surface area contributed by atoms with Crippen molar-refractivity contribution in [1.29, 1.82) is 5.26 Å². The predicted octanol–water partition coefficient (Wildman–Crippen LogP) is 4.33. The number of alkyl carbamates (subject to hydrolysis) is 1. The lowest BCUT2D eigenvalue weighted by Crippen LogP contribution is -2.32. The van der Waals surface area contributed by atoms with Crippen LogP contribution in [0, 0.1) is 11.3 Å². The van der Waals surface area contributed by atoms with Crippen LogP contribution < -0.4 is 10.6 Å². The zero-order valence-electron chi connectivity index (χ0n) is 15.5. The molecule has 2 aromatic heterocycles. The number of amides is 2. The molecule has 0 fully saturated rings. The molecule has 0 saturated carbocycles. The first kappa shape index (κ1) is 20.1. The Bertz CT molecular complexity index is 910. The summed E-state index contributed by atoms with van der Waals surface area (Å²) >= 11 is 2.95. The van der Waals surface area contributed by atoms with E-state index in [1.807, 2.05) is 23.8 Å². The molecule has 28 heavy (non-hydrogen) atoms. The van der Waals surface area contributed by atoms with Crippen LogP contribution in [0.1, 0.15) is 41.3 Å². The van der Waals surface area contributed by atoms with Crippen LogP contribution in [0.2, 0.25) is 0 Å². The topological polar surface area (TPSA) is 91.2 Å². The van der Waals surface area contributed by atoms with Gasteiger partial charge in [0.05, 0.1) is 5.56 Å². The van der Waals surface area contributed by atoms with E-state index in [1.165, 1.54) is 17.4 Å². The van der Waals surface area contributed by atoms with Crippen molar-refractivity contribution in [1.82, 2.24) is 5.32 Å². The minimum absolute atomic E-state index is 0.211. The Morgan fingerprint density at radius 3 is 3.04 bits per heavy atom. The van der Waals surface area contributed by atoms with Crippen LogP contribution in [0.3, 0.4) is 0 Å². The first-order chi connectivity index (χ1) is 13.6. The molecule has 0 aromatic carbocycles. The zero-order valence-corrected chi connectivity index (χ0v) is 17.1. The Labute approximate surface area is 171 Å². The van der Waals surface area contributed by atoms with E-state index < -0.39 is 6.09 Å². The van der Waals surface area contributed by atoms with Crippen LogP contribution in [-0.4, -0.2) is 24.6 Å². The average molecular weight is 416 g/mol. The Morgan fingerprint density at radius 1 is 1.46 bits per heavy atom. The van der Waals surface area contributed by atoms with E-state index in [1.54, 1.807) is 17.4 Å². The summed E-state index contributed by atoms with van der Waals surface area (Å²) in [7, 11) is 0. The maximum atomic E-state index is 12.2. The highest BCUT2D eigenvalue weighted by Gasteiger charge is 2.28. The molecular formula is C20H21N3O3S2. The normalized spacial score (nSPS) is 15.6. The molecule has 0 spiro atoms. The highest BCUT2D eigenvalue weighted by Crippen LogP contribution is 2.38. The third-order valence-corrected chi connectivity index (χ3v) is 6.20. The van der Waals surface area contributed by atoms with Gasteiger partial charge in [-0.3, -0.25) is 4.79 Å². The molecular weight excluding hydrogens is 394 g/mol. The molecule has 2 N–H and O–H groups in total. The van der Waals surface area contributed by atoms with Gasteiger partial charge in [0, 0.05) is 23.9 Å². The molecule has 1 atom stereocenters. The number of carbonyl (C=O) groups excluding carboxylic acids is 2. The highest BCUT2D eigenvalue weighted by atomic mass is 32.1. The van der Waals surface area contributed by atoms with Crippen molar-refractivity contribution < 1.29 is 14.3 Å². The van der Waals surface area contributed by atoms with Crippen molar-refractivity contribution in [3.8, 4) is 6.07 Å². The van der Waals surface area contributed by atoms with Gasteiger partial charge < -0.3 is 15.4 Å². The monoisotopic (exact) mass is 415 g/mol. The summed E-state index contributed by atoms with van der Waals surface area (Å²) in [5.74, 6) is -0.270. The quantitative estimate of drug-likeness (QED) is 0.687. The van der Waals surface area contributed by atoms with Crippen LogP contribution in [0.15, 0.2) is 22.9 Å². The molecule has 1 aliphatic rings. The predicted molar refractivity (Wildman–Crippen MR) is 112 cm³/mol. The first-order valence-electron chi connectivity index (χ1n) is 9.11. The van der Waals surface area contributed by atoms with Crippen LogP contribution in [0.4, 0.5) is 9.80 Å². The summed E-state index contributed by atoms with van der Waals surface area (Å²) in [6.07, 6.45) is 5.33. The number of hydrogen-bond donors (Lipinski definition) is 2. The van der Waals surface area contributed by atoms with Crippen molar-refractivity contribution in [2.24, 2.45) is 0 Å². The standard InChI is InChI=1S/C20H21N3O3S2/c1-2-8-22-20(25)26-14-4-5-15-16(11-21)19(28-17(15)10-14)23-18(24)6-3-13-7-9-27-12-13/h3,6-7,9,12,14H,2,4-5,8,10H2,1H3,(H,22,25)(H,23,24). The molecule has 1 unspecified atom stereocenters.